The predicted molar refractivity (Wildman–Crippen MR) is 117 cm³/mol. The fourth-order valence-corrected chi connectivity index (χ4v) is 3.06. The van der Waals surface area contributed by atoms with Crippen molar-refractivity contribution in [3.05, 3.63) is 77.9 Å². The van der Waals surface area contributed by atoms with Gasteiger partial charge in [0.2, 0.25) is 0 Å². The SMILES string of the molecule is CCN(CC)c1ccc(NC(=O)c2ccc(Nc3ccc(F)cc3)cn2)c(C)c1. The van der Waals surface area contributed by atoms with E-state index < -0.39 is 0 Å². The third-order valence-corrected chi connectivity index (χ3v) is 4.72. The van der Waals surface area contributed by atoms with Crippen LogP contribution in [-0.4, -0.2) is 24.0 Å². The average Bonchev–Trinajstić information content (AvgIpc) is 2.73. The molecule has 150 valence electrons. The lowest BCUT2D eigenvalue weighted by molar-refractivity contribution is 0.102. The largest absolute Gasteiger partial charge is 0.372 e. The number of rotatable bonds is 7. The lowest BCUT2D eigenvalue weighted by atomic mass is 10.1. The third-order valence-electron chi connectivity index (χ3n) is 4.72. The molecule has 3 aromatic rings. The fraction of sp³-hybridized carbons (Fsp3) is 0.217. The Labute approximate surface area is 170 Å². The van der Waals surface area contributed by atoms with Crippen LogP contribution in [0.15, 0.2) is 60.8 Å². The summed E-state index contributed by atoms with van der Waals surface area (Å²) >= 11 is 0. The minimum atomic E-state index is -0.291. The zero-order valence-electron chi connectivity index (χ0n) is 16.9. The van der Waals surface area contributed by atoms with Gasteiger partial charge in [-0.05, 0) is 80.9 Å². The van der Waals surface area contributed by atoms with Gasteiger partial charge in [0, 0.05) is 30.2 Å². The zero-order valence-corrected chi connectivity index (χ0v) is 16.9. The van der Waals surface area contributed by atoms with Crippen LogP contribution in [0.1, 0.15) is 29.9 Å². The summed E-state index contributed by atoms with van der Waals surface area (Å²) in [5.41, 5.74) is 4.68. The summed E-state index contributed by atoms with van der Waals surface area (Å²) in [5.74, 6) is -0.557. The van der Waals surface area contributed by atoms with E-state index in [1.807, 2.05) is 19.1 Å². The molecule has 29 heavy (non-hydrogen) atoms. The number of nitrogens with one attached hydrogen (secondary N) is 2. The first-order valence-electron chi connectivity index (χ1n) is 9.65. The van der Waals surface area contributed by atoms with E-state index in [4.69, 9.17) is 0 Å². The molecular formula is C23H25FN4O. The second-order valence-corrected chi connectivity index (χ2v) is 6.69. The second kappa shape index (κ2) is 9.19. The summed E-state index contributed by atoms with van der Waals surface area (Å²) in [5, 5.41) is 6.04. The van der Waals surface area contributed by atoms with Gasteiger partial charge in [-0.25, -0.2) is 9.37 Å². The van der Waals surface area contributed by atoms with Crippen LogP contribution >= 0.6 is 0 Å². The van der Waals surface area contributed by atoms with E-state index in [1.54, 1.807) is 30.5 Å². The Morgan fingerprint density at radius 1 is 1.00 bits per heavy atom. The monoisotopic (exact) mass is 392 g/mol. The number of hydrogen-bond donors (Lipinski definition) is 2. The number of aromatic nitrogens is 1. The Hall–Kier alpha value is -3.41. The molecule has 2 aromatic carbocycles. The Morgan fingerprint density at radius 3 is 2.28 bits per heavy atom. The topological polar surface area (TPSA) is 57.3 Å². The van der Waals surface area contributed by atoms with Crippen molar-refractivity contribution < 1.29 is 9.18 Å². The Balaban J connectivity index is 1.67. The van der Waals surface area contributed by atoms with Crippen LogP contribution in [0, 0.1) is 12.7 Å². The molecule has 0 saturated heterocycles. The van der Waals surface area contributed by atoms with Crippen LogP contribution in [0.4, 0.5) is 27.1 Å². The maximum atomic E-state index is 13.0. The second-order valence-electron chi connectivity index (χ2n) is 6.69. The van der Waals surface area contributed by atoms with Crippen molar-refractivity contribution in [1.82, 2.24) is 4.98 Å². The fourth-order valence-electron chi connectivity index (χ4n) is 3.06. The normalized spacial score (nSPS) is 10.5. The van der Waals surface area contributed by atoms with Crippen molar-refractivity contribution in [3.8, 4) is 0 Å². The highest BCUT2D eigenvalue weighted by Crippen LogP contribution is 2.23. The van der Waals surface area contributed by atoms with Gasteiger partial charge in [0.25, 0.3) is 5.91 Å². The van der Waals surface area contributed by atoms with Gasteiger partial charge in [-0.15, -0.1) is 0 Å². The highest BCUT2D eigenvalue weighted by atomic mass is 19.1. The van der Waals surface area contributed by atoms with Gasteiger partial charge >= 0.3 is 0 Å². The van der Waals surface area contributed by atoms with Gasteiger partial charge in [-0.3, -0.25) is 4.79 Å². The maximum Gasteiger partial charge on any atom is 0.274 e. The van der Waals surface area contributed by atoms with Crippen molar-refractivity contribution in [1.29, 1.82) is 0 Å². The highest BCUT2D eigenvalue weighted by molar-refractivity contribution is 6.03. The smallest absolute Gasteiger partial charge is 0.274 e. The number of amides is 1. The van der Waals surface area contributed by atoms with Crippen molar-refractivity contribution in [2.24, 2.45) is 0 Å². The molecule has 1 aromatic heterocycles. The molecule has 0 atom stereocenters. The molecule has 1 amide bonds. The standard InChI is InChI=1S/C23H25FN4O/c1-4-28(5-2)20-11-13-21(16(3)14-20)27-23(29)22-12-10-19(15-25-22)26-18-8-6-17(24)7-9-18/h6-15,26H,4-5H2,1-3H3,(H,27,29). The number of aryl methyl sites for hydroxylation is 1. The molecule has 0 unspecified atom stereocenters. The first kappa shape index (κ1) is 20.3. The summed E-state index contributed by atoms with van der Waals surface area (Å²) < 4.78 is 13.0. The molecule has 0 radical (unpaired) electrons. The predicted octanol–water partition coefficient (Wildman–Crippen LogP) is 5.37. The van der Waals surface area contributed by atoms with Gasteiger partial charge in [-0.1, -0.05) is 0 Å². The van der Waals surface area contributed by atoms with Crippen LogP contribution in [0.2, 0.25) is 0 Å². The average molecular weight is 392 g/mol. The molecular weight excluding hydrogens is 367 g/mol. The van der Waals surface area contributed by atoms with Gasteiger partial charge in [-0.2, -0.15) is 0 Å². The van der Waals surface area contributed by atoms with Crippen molar-refractivity contribution >= 4 is 28.7 Å². The molecule has 1 heterocycles. The first-order valence-corrected chi connectivity index (χ1v) is 9.65. The number of pyridine rings is 1. The lowest BCUT2D eigenvalue weighted by Crippen LogP contribution is -2.22. The van der Waals surface area contributed by atoms with Gasteiger partial charge < -0.3 is 15.5 Å². The number of carbonyl (C=O) groups is 1. The Morgan fingerprint density at radius 2 is 1.69 bits per heavy atom. The van der Waals surface area contributed by atoms with Crippen molar-refractivity contribution in [2.45, 2.75) is 20.8 Å². The minimum absolute atomic E-state index is 0.267. The molecule has 0 spiro atoms. The number of halogens is 1. The van der Waals surface area contributed by atoms with Gasteiger partial charge in [0.05, 0.1) is 11.9 Å². The highest BCUT2D eigenvalue weighted by Gasteiger charge is 2.11. The van der Waals surface area contributed by atoms with Crippen LogP contribution in [-0.2, 0) is 0 Å². The van der Waals surface area contributed by atoms with Crippen LogP contribution in [0.25, 0.3) is 0 Å². The number of benzene rings is 2. The van der Waals surface area contributed by atoms with Crippen molar-refractivity contribution in [2.75, 3.05) is 28.6 Å². The molecule has 0 saturated carbocycles. The number of carbonyl (C=O) groups excluding carboxylic acids is 1. The van der Waals surface area contributed by atoms with E-state index in [9.17, 15) is 9.18 Å². The summed E-state index contributed by atoms with van der Waals surface area (Å²) in [6, 6.07) is 15.5. The van der Waals surface area contributed by atoms with Gasteiger partial charge in [0.15, 0.2) is 0 Å². The molecule has 0 aliphatic carbocycles. The molecule has 0 aliphatic heterocycles. The number of nitrogens with zero attached hydrogens (tertiary/aromatic N) is 2. The van der Waals surface area contributed by atoms with E-state index >= 15 is 0 Å². The molecule has 6 heteroatoms. The third kappa shape index (κ3) is 5.10. The number of anilines is 4. The van der Waals surface area contributed by atoms with Crippen LogP contribution in [0.5, 0.6) is 0 Å². The lowest BCUT2D eigenvalue weighted by Gasteiger charge is -2.22. The number of hydrogen-bond acceptors (Lipinski definition) is 4. The quantitative estimate of drug-likeness (QED) is 0.567. The maximum absolute atomic E-state index is 13.0. The van der Waals surface area contributed by atoms with E-state index in [0.717, 1.165) is 35.7 Å². The van der Waals surface area contributed by atoms with Crippen LogP contribution < -0.4 is 15.5 Å². The summed E-state index contributed by atoms with van der Waals surface area (Å²) in [6.07, 6.45) is 1.58. The molecule has 0 fully saturated rings. The summed E-state index contributed by atoms with van der Waals surface area (Å²) in [6.45, 7) is 8.09. The van der Waals surface area contributed by atoms with E-state index in [-0.39, 0.29) is 11.7 Å². The van der Waals surface area contributed by atoms with E-state index in [1.165, 1.54) is 12.1 Å². The first-order chi connectivity index (χ1) is 14.0. The summed E-state index contributed by atoms with van der Waals surface area (Å²) in [4.78, 5) is 19.0. The molecule has 2 N–H and O–H groups in total. The van der Waals surface area contributed by atoms with E-state index in [0.29, 0.717) is 11.4 Å². The minimum Gasteiger partial charge on any atom is -0.372 e. The molecule has 5 nitrogen and oxygen atoms in total. The molecule has 0 bridgehead atoms. The van der Waals surface area contributed by atoms with E-state index in [2.05, 4.69) is 40.4 Å². The summed E-state index contributed by atoms with van der Waals surface area (Å²) in [7, 11) is 0. The molecule has 3 rings (SSSR count). The Kier molecular flexibility index (Phi) is 6.44. The zero-order chi connectivity index (χ0) is 20.8. The Bertz CT molecular complexity index is 967. The molecule has 0 aliphatic rings. The van der Waals surface area contributed by atoms with Gasteiger partial charge in [0.1, 0.15) is 11.5 Å². The van der Waals surface area contributed by atoms with Crippen LogP contribution in [0.3, 0.4) is 0 Å². The van der Waals surface area contributed by atoms with Crippen molar-refractivity contribution in [3.63, 3.8) is 0 Å².